The van der Waals surface area contributed by atoms with E-state index in [-0.39, 0.29) is 5.92 Å². The predicted octanol–water partition coefficient (Wildman–Crippen LogP) is 3.91. The minimum atomic E-state index is 0.282. The van der Waals surface area contributed by atoms with Crippen molar-refractivity contribution >= 4 is 5.91 Å². The first-order valence-electron chi connectivity index (χ1n) is 8.23. The van der Waals surface area contributed by atoms with Gasteiger partial charge in [0.25, 0.3) is 0 Å². The van der Waals surface area contributed by atoms with Crippen molar-refractivity contribution in [2.45, 2.75) is 76.8 Å². The lowest BCUT2D eigenvalue weighted by Crippen LogP contribution is -2.46. The molecule has 19 heavy (non-hydrogen) atoms. The number of hydrogen-bond donors (Lipinski definition) is 0. The molecule has 1 amide bonds. The molecule has 2 nitrogen and oxygen atoms in total. The average molecular weight is 261 g/mol. The Hall–Kier alpha value is -0.790. The topological polar surface area (TPSA) is 20.3 Å². The Bertz CT molecular complexity index is 350. The number of amides is 1. The van der Waals surface area contributed by atoms with Crippen LogP contribution < -0.4 is 0 Å². The molecular formula is C17H27NO. The van der Waals surface area contributed by atoms with Crippen LogP contribution in [0.15, 0.2) is 12.2 Å². The van der Waals surface area contributed by atoms with Gasteiger partial charge in [-0.25, -0.2) is 0 Å². The van der Waals surface area contributed by atoms with E-state index in [1.54, 1.807) is 0 Å². The number of rotatable bonds is 3. The van der Waals surface area contributed by atoms with Crippen molar-refractivity contribution in [3.05, 3.63) is 12.2 Å². The number of carbonyl (C=O) groups excluding carboxylic acids is 1. The lowest BCUT2D eigenvalue weighted by molar-refractivity contribution is -0.139. The summed E-state index contributed by atoms with van der Waals surface area (Å²) < 4.78 is 0. The lowest BCUT2D eigenvalue weighted by atomic mass is 9.85. The molecule has 0 saturated heterocycles. The van der Waals surface area contributed by atoms with Crippen LogP contribution in [0.5, 0.6) is 0 Å². The summed E-state index contributed by atoms with van der Waals surface area (Å²) >= 11 is 0. The van der Waals surface area contributed by atoms with Gasteiger partial charge in [-0.2, -0.15) is 0 Å². The highest BCUT2D eigenvalue weighted by Crippen LogP contribution is 2.37. The zero-order valence-corrected chi connectivity index (χ0v) is 12.2. The first-order valence-corrected chi connectivity index (χ1v) is 8.23. The quantitative estimate of drug-likeness (QED) is 0.705. The van der Waals surface area contributed by atoms with E-state index < -0.39 is 0 Å². The maximum atomic E-state index is 12.9. The van der Waals surface area contributed by atoms with Crippen molar-refractivity contribution in [3.63, 3.8) is 0 Å². The van der Waals surface area contributed by atoms with Crippen molar-refractivity contribution in [2.75, 3.05) is 0 Å². The van der Waals surface area contributed by atoms with Gasteiger partial charge in [0, 0.05) is 18.0 Å². The number of hydrogen-bond acceptors (Lipinski definition) is 1. The summed E-state index contributed by atoms with van der Waals surface area (Å²) in [5.74, 6) is 1.63. The molecular weight excluding hydrogens is 234 g/mol. The second-order valence-corrected chi connectivity index (χ2v) is 6.87. The normalized spacial score (nSPS) is 35.1. The van der Waals surface area contributed by atoms with E-state index in [4.69, 9.17) is 0 Å². The molecule has 2 heteroatoms. The van der Waals surface area contributed by atoms with Gasteiger partial charge in [-0.3, -0.25) is 4.79 Å². The molecule has 1 unspecified atom stereocenters. The lowest BCUT2D eigenvalue weighted by Gasteiger charge is -2.38. The minimum absolute atomic E-state index is 0.282. The fraction of sp³-hybridized carbons (Fsp3) is 0.824. The van der Waals surface area contributed by atoms with Crippen molar-refractivity contribution in [1.29, 1.82) is 0 Å². The van der Waals surface area contributed by atoms with Crippen LogP contribution in [-0.4, -0.2) is 22.9 Å². The summed E-state index contributed by atoms with van der Waals surface area (Å²) in [5, 5.41) is 0. The van der Waals surface area contributed by atoms with E-state index in [0.717, 1.165) is 25.2 Å². The van der Waals surface area contributed by atoms with Crippen LogP contribution in [0.2, 0.25) is 0 Å². The molecule has 2 saturated carbocycles. The molecule has 0 aromatic heterocycles. The number of carbonyl (C=O) groups is 1. The highest BCUT2D eigenvalue weighted by Gasteiger charge is 2.40. The first kappa shape index (κ1) is 13.2. The van der Waals surface area contributed by atoms with E-state index in [2.05, 4.69) is 24.0 Å². The van der Waals surface area contributed by atoms with E-state index >= 15 is 0 Å². The third-order valence-corrected chi connectivity index (χ3v) is 5.19. The van der Waals surface area contributed by atoms with Gasteiger partial charge in [-0.05, 0) is 63.7 Å². The average Bonchev–Trinajstić information content (AvgIpc) is 3.27. The smallest absolute Gasteiger partial charge is 0.226 e. The second-order valence-electron chi connectivity index (χ2n) is 6.87. The molecule has 3 aliphatic carbocycles. The van der Waals surface area contributed by atoms with Gasteiger partial charge in [-0.1, -0.05) is 19.1 Å². The van der Waals surface area contributed by atoms with E-state index in [1.807, 2.05) is 0 Å². The molecule has 0 heterocycles. The number of allylic oxidation sites excluding steroid dienone is 2. The zero-order valence-electron chi connectivity index (χ0n) is 12.2. The van der Waals surface area contributed by atoms with Crippen molar-refractivity contribution < 1.29 is 4.79 Å². The molecule has 0 aromatic rings. The molecule has 106 valence electrons. The van der Waals surface area contributed by atoms with Gasteiger partial charge in [0.1, 0.15) is 0 Å². The van der Waals surface area contributed by atoms with E-state index in [0.29, 0.717) is 18.0 Å². The SMILES string of the molecule is CC1CCC(N(C(=O)C2CC=CCC2)C2CC2)CC1. The molecule has 0 aliphatic heterocycles. The van der Waals surface area contributed by atoms with Crippen molar-refractivity contribution in [3.8, 4) is 0 Å². The van der Waals surface area contributed by atoms with Crippen molar-refractivity contribution in [1.82, 2.24) is 4.90 Å². The molecule has 0 N–H and O–H groups in total. The fourth-order valence-electron chi connectivity index (χ4n) is 3.76. The van der Waals surface area contributed by atoms with Gasteiger partial charge < -0.3 is 4.90 Å². The number of nitrogens with zero attached hydrogens (tertiary/aromatic N) is 1. The monoisotopic (exact) mass is 261 g/mol. The minimum Gasteiger partial charge on any atom is -0.336 e. The molecule has 3 rings (SSSR count). The van der Waals surface area contributed by atoms with Gasteiger partial charge >= 0.3 is 0 Å². The summed E-state index contributed by atoms with van der Waals surface area (Å²) in [6.07, 6.45) is 15.2. The first-order chi connectivity index (χ1) is 9.25. The van der Waals surface area contributed by atoms with Crippen LogP contribution in [0.3, 0.4) is 0 Å². The Morgan fingerprint density at radius 1 is 0.947 bits per heavy atom. The molecule has 1 atom stereocenters. The van der Waals surface area contributed by atoms with Crippen LogP contribution in [0.25, 0.3) is 0 Å². The zero-order chi connectivity index (χ0) is 13.2. The fourth-order valence-corrected chi connectivity index (χ4v) is 3.76. The highest BCUT2D eigenvalue weighted by atomic mass is 16.2. The van der Waals surface area contributed by atoms with Crippen molar-refractivity contribution in [2.24, 2.45) is 11.8 Å². The van der Waals surface area contributed by atoms with Gasteiger partial charge in [0.05, 0.1) is 0 Å². The van der Waals surface area contributed by atoms with Crippen LogP contribution >= 0.6 is 0 Å². The molecule has 0 radical (unpaired) electrons. The predicted molar refractivity (Wildman–Crippen MR) is 77.8 cm³/mol. The summed E-state index contributed by atoms with van der Waals surface area (Å²) in [7, 11) is 0. The third-order valence-electron chi connectivity index (χ3n) is 5.19. The summed E-state index contributed by atoms with van der Waals surface area (Å²) in [6, 6.07) is 1.15. The Morgan fingerprint density at radius 3 is 2.11 bits per heavy atom. The van der Waals surface area contributed by atoms with E-state index in [9.17, 15) is 4.79 Å². The summed E-state index contributed by atoms with van der Waals surface area (Å²) in [5.41, 5.74) is 0. The maximum Gasteiger partial charge on any atom is 0.226 e. The van der Waals surface area contributed by atoms with Gasteiger partial charge in [0.2, 0.25) is 5.91 Å². The summed E-state index contributed by atoms with van der Waals surface area (Å²) in [6.45, 7) is 2.35. The highest BCUT2D eigenvalue weighted by molar-refractivity contribution is 5.80. The Labute approximate surface area is 117 Å². The third kappa shape index (κ3) is 3.04. The van der Waals surface area contributed by atoms with Crippen LogP contribution in [-0.2, 0) is 4.79 Å². The van der Waals surface area contributed by atoms with Crippen LogP contribution in [0.1, 0.15) is 64.7 Å². The largest absolute Gasteiger partial charge is 0.336 e. The molecule has 3 aliphatic rings. The molecule has 0 spiro atoms. The molecule has 0 bridgehead atoms. The Kier molecular flexibility index (Phi) is 3.95. The Morgan fingerprint density at radius 2 is 1.58 bits per heavy atom. The summed E-state index contributed by atoms with van der Waals surface area (Å²) in [4.78, 5) is 15.2. The van der Waals surface area contributed by atoms with Gasteiger partial charge in [-0.15, -0.1) is 0 Å². The van der Waals surface area contributed by atoms with E-state index in [1.165, 1.54) is 38.5 Å². The molecule has 0 aromatic carbocycles. The Balaban J connectivity index is 1.66. The molecule has 2 fully saturated rings. The second kappa shape index (κ2) is 5.68. The van der Waals surface area contributed by atoms with Crippen LogP contribution in [0.4, 0.5) is 0 Å². The van der Waals surface area contributed by atoms with Gasteiger partial charge in [0.15, 0.2) is 0 Å². The standard InChI is InChI=1S/C17H27NO/c1-13-7-9-15(10-8-13)18(16-11-12-16)17(19)14-5-3-2-4-6-14/h2-3,13-16H,4-12H2,1H3. The maximum absolute atomic E-state index is 12.9. The van der Waals surface area contributed by atoms with Crippen LogP contribution in [0, 0.1) is 11.8 Å².